The molecule has 0 bridgehead atoms. The summed E-state index contributed by atoms with van der Waals surface area (Å²) < 4.78 is 1.86. The second-order valence-electron chi connectivity index (χ2n) is 7.56. The molecule has 0 N–H and O–H groups in total. The van der Waals surface area contributed by atoms with Gasteiger partial charge in [0.1, 0.15) is 6.04 Å². The molecular formula is C20H27N3O. The van der Waals surface area contributed by atoms with Crippen molar-refractivity contribution in [1.82, 2.24) is 9.78 Å². The van der Waals surface area contributed by atoms with E-state index in [0.29, 0.717) is 0 Å². The maximum Gasteiger partial charge on any atom is 0.251 e. The topological polar surface area (TPSA) is 38.1 Å². The van der Waals surface area contributed by atoms with Crippen LogP contribution in [0.15, 0.2) is 30.5 Å². The van der Waals surface area contributed by atoms with Gasteiger partial charge in [0, 0.05) is 23.8 Å². The van der Waals surface area contributed by atoms with Gasteiger partial charge in [-0.05, 0) is 56.0 Å². The molecule has 1 aromatic heterocycles. The van der Waals surface area contributed by atoms with Crippen molar-refractivity contribution >= 4 is 11.6 Å². The Morgan fingerprint density at radius 3 is 2.50 bits per heavy atom. The van der Waals surface area contributed by atoms with Crippen LogP contribution in [-0.2, 0) is 10.2 Å². The van der Waals surface area contributed by atoms with E-state index in [1.165, 1.54) is 11.1 Å². The number of anilines is 1. The summed E-state index contributed by atoms with van der Waals surface area (Å²) in [5, 5.41) is 4.72. The van der Waals surface area contributed by atoms with Crippen molar-refractivity contribution in [1.29, 1.82) is 0 Å². The first-order valence-corrected chi connectivity index (χ1v) is 8.77. The fourth-order valence-electron chi connectivity index (χ4n) is 3.33. The lowest BCUT2D eigenvalue weighted by molar-refractivity contribution is -0.120. The minimum absolute atomic E-state index is 0.0419. The van der Waals surface area contributed by atoms with E-state index in [-0.39, 0.29) is 17.4 Å². The molecule has 2 aromatic rings. The van der Waals surface area contributed by atoms with Gasteiger partial charge >= 0.3 is 0 Å². The largest absolute Gasteiger partial charge is 0.310 e. The summed E-state index contributed by atoms with van der Waals surface area (Å²) in [6.45, 7) is 11.4. The average molecular weight is 325 g/mol. The van der Waals surface area contributed by atoms with Gasteiger partial charge in [-0.3, -0.25) is 9.48 Å². The molecule has 1 amide bonds. The SMILES string of the molecule is CCC(C)(C)c1ccn(C2CCN(c3cc(C)cc(C)c3)C2=O)n1. The van der Waals surface area contributed by atoms with Crippen LogP contribution in [0.25, 0.3) is 0 Å². The van der Waals surface area contributed by atoms with Crippen LogP contribution in [0, 0.1) is 13.8 Å². The second-order valence-corrected chi connectivity index (χ2v) is 7.56. The zero-order chi connectivity index (χ0) is 17.5. The van der Waals surface area contributed by atoms with Crippen molar-refractivity contribution in [3.63, 3.8) is 0 Å². The Labute approximate surface area is 144 Å². The number of carbonyl (C=O) groups excluding carboxylic acids is 1. The Bertz CT molecular complexity index is 740. The highest BCUT2D eigenvalue weighted by Gasteiger charge is 2.35. The van der Waals surface area contributed by atoms with Gasteiger partial charge in [-0.2, -0.15) is 5.10 Å². The van der Waals surface area contributed by atoms with Crippen LogP contribution in [-0.4, -0.2) is 22.2 Å². The highest BCUT2D eigenvalue weighted by Crippen LogP contribution is 2.31. The molecule has 3 rings (SSSR count). The smallest absolute Gasteiger partial charge is 0.251 e. The summed E-state index contributed by atoms with van der Waals surface area (Å²) in [7, 11) is 0. The molecule has 0 saturated carbocycles. The van der Waals surface area contributed by atoms with Crippen LogP contribution in [0.1, 0.15) is 56.5 Å². The van der Waals surface area contributed by atoms with Gasteiger partial charge < -0.3 is 4.90 Å². The van der Waals surface area contributed by atoms with Crippen molar-refractivity contribution < 1.29 is 4.79 Å². The standard InChI is InChI=1S/C20H27N3O/c1-6-20(4,5)18-8-10-23(21-18)17-7-9-22(19(17)24)16-12-14(2)11-15(3)13-16/h8,10-13,17H,6-7,9H2,1-5H3. The third-order valence-corrected chi connectivity index (χ3v) is 5.20. The number of benzene rings is 1. The number of nitrogens with zero attached hydrogens (tertiary/aromatic N) is 3. The number of hydrogen-bond donors (Lipinski definition) is 0. The molecule has 4 nitrogen and oxygen atoms in total. The number of amides is 1. The van der Waals surface area contributed by atoms with Crippen LogP contribution >= 0.6 is 0 Å². The second kappa shape index (κ2) is 6.08. The first-order chi connectivity index (χ1) is 11.3. The Morgan fingerprint density at radius 1 is 1.21 bits per heavy atom. The van der Waals surface area contributed by atoms with Crippen LogP contribution in [0.4, 0.5) is 5.69 Å². The zero-order valence-corrected chi connectivity index (χ0v) is 15.3. The molecule has 128 valence electrons. The van der Waals surface area contributed by atoms with E-state index in [9.17, 15) is 4.79 Å². The Balaban J connectivity index is 1.84. The summed E-state index contributed by atoms with van der Waals surface area (Å²) in [5.41, 5.74) is 4.48. The van der Waals surface area contributed by atoms with Crippen molar-refractivity contribution in [2.45, 2.75) is 58.9 Å². The summed E-state index contributed by atoms with van der Waals surface area (Å²) >= 11 is 0. The number of aryl methyl sites for hydroxylation is 2. The normalized spacial score (nSPS) is 18.5. The summed E-state index contributed by atoms with van der Waals surface area (Å²) in [6.07, 6.45) is 3.79. The minimum atomic E-state index is -0.188. The van der Waals surface area contributed by atoms with Gasteiger partial charge in [-0.1, -0.05) is 26.8 Å². The van der Waals surface area contributed by atoms with E-state index in [2.05, 4.69) is 58.9 Å². The average Bonchev–Trinajstić information content (AvgIpc) is 3.13. The summed E-state index contributed by atoms with van der Waals surface area (Å²) in [6, 6.07) is 8.17. The minimum Gasteiger partial charge on any atom is -0.310 e. The molecule has 1 atom stereocenters. The van der Waals surface area contributed by atoms with Gasteiger partial charge in [0.2, 0.25) is 0 Å². The molecule has 0 spiro atoms. The summed E-state index contributed by atoms with van der Waals surface area (Å²) in [4.78, 5) is 14.8. The van der Waals surface area contributed by atoms with Crippen molar-refractivity contribution in [3.05, 3.63) is 47.3 Å². The molecule has 2 heterocycles. The van der Waals surface area contributed by atoms with E-state index in [1.54, 1.807) is 0 Å². The van der Waals surface area contributed by atoms with E-state index in [4.69, 9.17) is 5.10 Å². The monoisotopic (exact) mass is 325 g/mol. The first-order valence-electron chi connectivity index (χ1n) is 8.77. The first kappa shape index (κ1) is 16.7. The molecule has 0 aliphatic carbocycles. The number of carbonyl (C=O) groups is 1. The van der Waals surface area contributed by atoms with Gasteiger partial charge in [-0.25, -0.2) is 0 Å². The fraction of sp³-hybridized carbons (Fsp3) is 0.500. The molecule has 1 aliphatic heterocycles. The van der Waals surface area contributed by atoms with Gasteiger partial charge in [-0.15, -0.1) is 0 Å². The van der Waals surface area contributed by atoms with E-state index >= 15 is 0 Å². The molecule has 0 radical (unpaired) electrons. The quantitative estimate of drug-likeness (QED) is 0.846. The molecule has 1 aliphatic rings. The lowest BCUT2D eigenvalue weighted by Gasteiger charge is -2.20. The van der Waals surface area contributed by atoms with Crippen molar-refractivity contribution in [3.8, 4) is 0 Å². The zero-order valence-electron chi connectivity index (χ0n) is 15.3. The molecular weight excluding hydrogens is 298 g/mol. The van der Waals surface area contributed by atoms with Gasteiger partial charge in [0.05, 0.1) is 5.69 Å². The summed E-state index contributed by atoms with van der Waals surface area (Å²) in [5.74, 6) is 0.143. The number of hydrogen-bond acceptors (Lipinski definition) is 2. The molecule has 1 saturated heterocycles. The number of rotatable bonds is 4. The number of aromatic nitrogens is 2. The van der Waals surface area contributed by atoms with Gasteiger partial charge in [0.25, 0.3) is 5.91 Å². The maximum absolute atomic E-state index is 12.9. The van der Waals surface area contributed by atoms with E-state index < -0.39 is 0 Å². The fourth-order valence-corrected chi connectivity index (χ4v) is 3.33. The van der Waals surface area contributed by atoms with Crippen molar-refractivity contribution in [2.24, 2.45) is 0 Å². The Kier molecular flexibility index (Phi) is 4.24. The molecule has 1 unspecified atom stereocenters. The molecule has 1 aromatic carbocycles. The van der Waals surface area contributed by atoms with Crippen LogP contribution in [0.5, 0.6) is 0 Å². The van der Waals surface area contributed by atoms with Crippen molar-refractivity contribution in [2.75, 3.05) is 11.4 Å². The Hall–Kier alpha value is -2.10. The lowest BCUT2D eigenvalue weighted by atomic mass is 9.87. The highest BCUT2D eigenvalue weighted by atomic mass is 16.2. The predicted octanol–water partition coefficient (Wildman–Crippen LogP) is 4.17. The van der Waals surface area contributed by atoms with Crippen LogP contribution in [0.2, 0.25) is 0 Å². The van der Waals surface area contributed by atoms with Crippen LogP contribution in [0.3, 0.4) is 0 Å². The maximum atomic E-state index is 12.9. The lowest BCUT2D eigenvalue weighted by Crippen LogP contribution is -2.28. The van der Waals surface area contributed by atoms with Gasteiger partial charge in [0.15, 0.2) is 0 Å². The third-order valence-electron chi connectivity index (χ3n) is 5.20. The van der Waals surface area contributed by atoms with E-state index in [0.717, 1.165) is 30.8 Å². The molecule has 1 fully saturated rings. The predicted molar refractivity (Wildman–Crippen MR) is 97.5 cm³/mol. The van der Waals surface area contributed by atoms with Crippen LogP contribution < -0.4 is 4.90 Å². The van der Waals surface area contributed by atoms with E-state index in [1.807, 2.05) is 15.8 Å². The highest BCUT2D eigenvalue weighted by molar-refractivity contribution is 5.98. The molecule has 24 heavy (non-hydrogen) atoms. The molecule has 4 heteroatoms. The Morgan fingerprint density at radius 2 is 1.88 bits per heavy atom. The third kappa shape index (κ3) is 2.97.